The Labute approximate surface area is 107 Å². The maximum Gasteiger partial charge on any atom is 0.355 e. The van der Waals surface area contributed by atoms with Gasteiger partial charge in [-0.1, -0.05) is 6.92 Å². The number of carbonyl (C=O) groups excluding carboxylic acids is 1. The lowest BCUT2D eigenvalue weighted by molar-refractivity contribution is 0.0365. The van der Waals surface area contributed by atoms with Crippen LogP contribution in [-0.2, 0) is 21.3 Å². The van der Waals surface area contributed by atoms with Gasteiger partial charge in [-0.25, -0.2) is 18.4 Å². The van der Waals surface area contributed by atoms with Crippen molar-refractivity contribution in [2.24, 2.45) is 5.14 Å². The number of aryl methyl sites for hydroxylation is 1. The zero-order valence-corrected chi connectivity index (χ0v) is 11.5. The van der Waals surface area contributed by atoms with E-state index in [-0.39, 0.29) is 16.7 Å². The predicted molar refractivity (Wildman–Crippen MR) is 66.6 cm³/mol. The number of esters is 1. The lowest BCUT2D eigenvalue weighted by atomic mass is 10.4. The van der Waals surface area contributed by atoms with Crippen LogP contribution in [0.25, 0.3) is 0 Å². The van der Waals surface area contributed by atoms with Crippen molar-refractivity contribution in [2.75, 3.05) is 0 Å². The third-order valence-corrected chi connectivity index (χ3v) is 3.10. The van der Waals surface area contributed by atoms with E-state index in [2.05, 4.69) is 0 Å². The number of hydrogen-bond donors (Lipinski definition) is 1. The van der Waals surface area contributed by atoms with Crippen LogP contribution in [0.15, 0.2) is 17.2 Å². The second-order valence-electron chi connectivity index (χ2n) is 4.25. The minimum Gasteiger partial charge on any atom is -0.458 e. The molecule has 0 aliphatic heterocycles. The molecule has 0 radical (unpaired) electrons. The van der Waals surface area contributed by atoms with Gasteiger partial charge in [-0.05, 0) is 26.3 Å². The van der Waals surface area contributed by atoms with Gasteiger partial charge in [0.25, 0.3) is 0 Å². The van der Waals surface area contributed by atoms with Gasteiger partial charge in [-0.3, -0.25) is 0 Å². The second-order valence-corrected chi connectivity index (χ2v) is 5.81. The van der Waals surface area contributed by atoms with E-state index >= 15 is 0 Å². The van der Waals surface area contributed by atoms with Crippen LogP contribution in [0.4, 0.5) is 0 Å². The summed E-state index contributed by atoms with van der Waals surface area (Å²) < 4.78 is 29.1. The third-order valence-electron chi connectivity index (χ3n) is 2.22. The van der Waals surface area contributed by atoms with E-state index in [0.29, 0.717) is 6.54 Å². The van der Waals surface area contributed by atoms with Crippen LogP contribution in [0.3, 0.4) is 0 Å². The molecule has 2 N–H and O–H groups in total. The summed E-state index contributed by atoms with van der Waals surface area (Å²) in [4.78, 5) is 11.7. The summed E-state index contributed by atoms with van der Waals surface area (Å²) in [6.45, 7) is 5.91. The maximum atomic E-state index is 11.8. The molecule has 0 atom stereocenters. The highest BCUT2D eigenvalue weighted by Crippen LogP contribution is 2.15. The summed E-state index contributed by atoms with van der Waals surface area (Å²) in [6, 6.07) is 1.25. The van der Waals surface area contributed by atoms with Gasteiger partial charge >= 0.3 is 5.97 Å². The first-order chi connectivity index (χ1) is 8.25. The van der Waals surface area contributed by atoms with Gasteiger partial charge in [0.1, 0.15) is 10.6 Å². The Bertz CT molecular complexity index is 531. The lowest BCUT2D eigenvalue weighted by Crippen LogP contribution is -2.15. The molecule has 0 bridgehead atoms. The molecule has 0 fully saturated rings. The summed E-state index contributed by atoms with van der Waals surface area (Å²) in [5.41, 5.74) is 0.203. The summed E-state index contributed by atoms with van der Waals surface area (Å²) in [5.74, 6) is -0.548. The molecule has 1 aromatic heterocycles. The van der Waals surface area contributed by atoms with Crippen LogP contribution in [0, 0.1) is 0 Å². The number of nitrogens with two attached hydrogens (primary N) is 1. The van der Waals surface area contributed by atoms with Crippen molar-refractivity contribution in [3.8, 4) is 0 Å². The molecule has 0 saturated heterocycles. The van der Waals surface area contributed by atoms with Crippen molar-refractivity contribution in [3.63, 3.8) is 0 Å². The number of ether oxygens (including phenoxy) is 1. The molecular formula is C11H18N2O4S. The number of sulfonamides is 1. The molecule has 0 spiro atoms. The van der Waals surface area contributed by atoms with Gasteiger partial charge in [0, 0.05) is 12.7 Å². The number of carbonyl (C=O) groups is 1. The Morgan fingerprint density at radius 3 is 2.56 bits per heavy atom. The first-order valence-corrected chi connectivity index (χ1v) is 7.24. The van der Waals surface area contributed by atoms with Gasteiger partial charge in [-0.2, -0.15) is 0 Å². The smallest absolute Gasteiger partial charge is 0.355 e. The van der Waals surface area contributed by atoms with Crippen LogP contribution in [-0.4, -0.2) is 25.1 Å². The fraction of sp³-hybridized carbons (Fsp3) is 0.545. The molecule has 0 aromatic carbocycles. The zero-order chi connectivity index (χ0) is 13.9. The number of hydrogen-bond acceptors (Lipinski definition) is 4. The van der Waals surface area contributed by atoms with Crippen LogP contribution in [0.2, 0.25) is 0 Å². The van der Waals surface area contributed by atoms with Crippen molar-refractivity contribution < 1.29 is 17.9 Å². The number of primary sulfonamides is 1. The Hall–Kier alpha value is -1.34. The Morgan fingerprint density at radius 2 is 2.11 bits per heavy atom. The van der Waals surface area contributed by atoms with Crippen LogP contribution in [0.1, 0.15) is 37.7 Å². The first kappa shape index (κ1) is 14.7. The second kappa shape index (κ2) is 5.53. The minimum atomic E-state index is -3.81. The number of aromatic nitrogens is 1. The monoisotopic (exact) mass is 274 g/mol. The SMILES string of the molecule is CCCn1cc(S(N)(=O)=O)cc1C(=O)OC(C)C. The van der Waals surface area contributed by atoms with Crippen LogP contribution >= 0.6 is 0 Å². The lowest BCUT2D eigenvalue weighted by Gasteiger charge is -2.10. The molecule has 102 valence electrons. The van der Waals surface area contributed by atoms with Gasteiger partial charge in [0.2, 0.25) is 10.0 Å². The third kappa shape index (κ3) is 3.58. The minimum absolute atomic E-state index is 0.0772. The molecule has 6 nitrogen and oxygen atoms in total. The highest BCUT2D eigenvalue weighted by Gasteiger charge is 2.20. The van der Waals surface area contributed by atoms with E-state index in [9.17, 15) is 13.2 Å². The largest absolute Gasteiger partial charge is 0.458 e. The Kier molecular flexibility index (Phi) is 4.53. The van der Waals surface area contributed by atoms with E-state index in [1.807, 2.05) is 6.92 Å². The highest BCUT2D eigenvalue weighted by atomic mass is 32.2. The van der Waals surface area contributed by atoms with Gasteiger partial charge in [-0.15, -0.1) is 0 Å². The fourth-order valence-corrected chi connectivity index (χ4v) is 2.06. The number of nitrogens with zero attached hydrogens (tertiary/aromatic N) is 1. The molecular weight excluding hydrogens is 256 g/mol. The van der Waals surface area contributed by atoms with Crippen molar-refractivity contribution in [3.05, 3.63) is 18.0 Å². The fourth-order valence-electron chi connectivity index (χ4n) is 1.51. The van der Waals surface area contributed by atoms with E-state index < -0.39 is 16.0 Å². The van der Waals surface area contributed by atoms with Crippen molar-refractivity contribution in [1.29, 1.82) is 0 Å². The molecule has 1 rings (SSSR count). The summed E-state index contributed by atoms with van der Waals surface area (Å²) in [6.07, 6.45) is 1.86. The number of rotatable bonds is 5. The summed E-state index contributed by atoms with van der Waals surface area (Å²) in [7, 11) is -3.81. The standard InChI is InChI=1S/C11H18N2O4S/c1-4-5-13-7-9(18(12,15)16)6-10(13)11(14)17-8(2)3/h6-8H,4-5H2,1-3H3,(H2,12,15,16). The molecule has 7 heteroatoms. The molecule has 1 heterocycles. The van der Waals surface area contributed by atoms with Gasteiger partial charge < -0.3 is 9.30 Å². The quantitative estimate of drug-likeness (QED) is 0.814. The molecule has 1 aromatic rings. The first-order valence-electron chi connectivity index (χ1n) is 5.69. The summed E-state index contributed by atoms with van der Waals surface area (Å²) in [5, 5.41) is 5.04. The molecule has 0 aliphatic carbocycles. The van der Waals surface area contributed by atoms with Crippen molar-refractivity contribution in [1.82, 2.24) is 4.57 Å². The molecule has 0 unspecified atom stereocenters. The summed E-state index contributed by atoms with van der Waals surface area (Å²) >= 11 is 0. The highest BCUT2D eigenvalue weighted by molar-refractivity contribution is 7.89. The van der Waals surface area contributed by atoms with E-state index in [1.165, 1.54) is 12.3 Å². The van der Waals surface area contributed by atoms with Crippen molar-refractivity contribution >= 4 is 16.0 Å². The molecule has 18 heavy (non-hydrogen) atoms. The van der Waals surface area contributed by atoms with Crippen LogP contribution in [0.5, 0.6) is 0 Å². The normalized spacial score (nSPS) is 11.8. The van der Waals surface area contributed by atoms with Crippen LogP contribution < -0.4 is 5.14 Å². The predicted octanol–water partition coefficient (Wildman–Crippen LogP) is 1.11. The average molecular weight is 274 g/mol. The van der Waals surface area contributed by atoms with Gasteiger partial charge in [0.15, 0.2) is 0 Å². The maximum absolute atomic E-state index is 11.8. The average Bonchev–Trinajstić information content (AvgIpc) is 2.60. The molecule has 0 aliphatic rings. The van der Waals surface area contributed by atoms with Gasteiger partial charge in [0.05, 0.1) is 6.10 Å². The van der Waals surface area contributed by atoms with E-state index in [4.69, 9.17) is 9.88 Å². The van der Waals surface area contributed by atoms with E-state index in [0.717, 1.165) is 6.42 Å². The zero-order valence-electron chi connectivity index (χ0n) is 10.7. The molecule has 0 saturated carbocycles. The Morgan fingerprint density at radius 1 is 1.50 bits per heavy atom. The Balaban J connectivity index is 3.16. The van der Waals surface area contributed by atoms with E-state index in [1.54, 1.807) is 18.4 Å². The van der Waals surface area contributed by atoms with Crippen molar-refractivity contribution in [2.45, 2.75) is 44.7 Å². The topological polar surface area (TPSA) is 91.4 Å². The molecule has 0 amide bonds.